The summed E-state index contributed by atoms with van der Waals surface area (Å²) in [5.41, 5.74) is -0.841. The van der Waals surface area contributed by atoms with Crippen molar-refractivity contribution in [3.63, 3.8) is 0 Å². The van der Waals surface area contributed by atoms with E-state index in [4.69, 9.17) is 11.6 Å². The van der Waals surface area contributed by atoms with Gasteiger partial charge in [0.05, 0.1) is 29.0 Å². The Labute approximate surface area is 192 Å². The Balaban J connectivity index is 1.45. The Morgan fingerprint density at radius 3 is 2.67 bits per heavy atom. The van der Waals surface area contributed by atoms with Crippen molar-refractivity contribution in [2.75, 3.05) is 5.32 Å². The fourth-order valence-electron chi connectivity index (χ4n) is 2.82. The van der Waals surface area contributed by atoms with E-state index in [9.17, 15) is 22.8 Å². The number of halogens is 4. The highest BCUT2D eigenvalue weighted by atomic mass is 35.5. The lowest BCUT2D eigenvalue weighted by Crippen LogP contribution is -2.27. The Morgan fingerprint density at radius 2 is 1.91 bits per heavy atom. The molecule has 4 heterocycles. The molecule has 33 heavy (non-hydrogen) atoms. The van der Waals surface area contributed by atoms with Gasteiger partial charge in [0.15, 0.2) is 0 Å². The molecule has 0 aliphatic carbocycles. The third kappa shape index (κ3) is 4.78. The normalized spacial score (nSPS) is 12.5. The molecule has 0 fully saturated rings. The first-order valence-electron chi connectivity index (χ1n) is 9.22. The molecule has 0 saturated heterocycles. The highest BCUT2D eigenvalue weighted by Gasteiger charge is 2.34. The van der Waals surface area contributed by atoms with Crippen molar-refractivity contribution in [1.29, 1.82) is 0 Å². The first-order chi connectivity index (χ1) is 15.6. The summed E-state index contributed by atoms with van der Waals surface area (Å²) in [6.45, 7) is 1.68. The predicted molar refractivity (Wildman–Crippen MR) is 113 cm³/mol. The lowest BCUT2D eigenvalue weighted by Gasteiger charge is -2.11. The van der Waals surface area contributed by atoms with Crippen molar-refractivity contribution in [2.45, 2.75) is 19.1 Å². The van der Waals surface area contributed by atoms with Gasteiger partial charge in [-0.3, -0.25) is 14.0 Å². The van der Waals surface area contributed by atoms with E-state index in [0.717, 1.165) is 17.5 Å². The molecule has 2 N–H and O–H groups in total. The number of pyridine rings is 1. The van der Waals surface area contributed by atoms with E-state index < -0.39 is 34.6 Å². The molecule has 0 aliphatic rings. The number of anilines is 1. The van der Waals surface area contributed by atoms with E-state index >= 15 is 0 Å². The second-order valence-electron chi connectivity index (χ2n) is 6.69. The van der Waals surface area contributed by atoms with Gasteiger partial charge in [-0.2, -0.15) is 13.2 Å². The van der Waals surface area contributed by atoms with Gasteiger partial charge in [0, 0.05) is 18.6 Å². The SMILES string of the molecule is C[C@@H](NC(=O)c1cnc2ncccn12)c1ncc(C(=O)Nc2cc(C(F)(F)F)c(Cl)cn2)s1. The maximum Gasteiger partial charge on any atom is 0.418 e. The van der Waals surface area contributed by atoms with Gasteiger partial charge in [-0.05, 0) is 19.1 Å². The van der Waals surface area contributed by atoms with Gasteiger partial charge in [-0.25, -0.2) is 19.9 Å². The van der Waals surface area contributed by atoms with Crippen molar-refractivity contribution >= 4 is 46.3 Å². The topological polar surface area (TPSA) is 114 Å². The van der Waals surface area contributed by atoms with E-state index in [1.165, 1.54) is 16.8 Å². The Hall–Kier alpha value is -3.58. The van der Waals surface area contributed by atoms with Crippen molar-refractivity contribution in [1.82, 2.24) is 29.7 Å². The van der Waals surface area contributed by atoms with Crippen molar-refractivity contribution in [2.24, 2.45) is 0 Å². The lowest BCUT2D eigenvalue weighted by atomic mass is 10.2. The second-order valence-corrected chi connectivity index (χ2v) is 8.16. The number of rotatable bonds is 5. The second kappa shape index (κ2) is 8.75. The molecule has 0 aromatic carbocycles. The summed E-state index contributed by atoms with van der Waals surface area (Å²) >= 11 is 6.51. The number of aromatic nitrogens is 5. The van der Waals surface area contributed by atoms with Gasteiger partial charge in [0.2, 0.25) is 5.78 Å². The number of amides is 2. The van der Waals surface area contributed by atoms with Crippen molar-refractivity contribution in [3.8, 4) is 0 Å². The maximum absolute atomic E-state index is 13.0. The monoisotopic (exact) mass is 495 g/mol. The van der Waals surface area contributed by atoms with Crippen molar-refractivity contribution < 1.29 is 22.8 Å². The van der Waals surface area contributed by atoms with Gasteiger partial charge in [0.1, 0.15) is 21.4 Å². The summed E-state index contributed by atoms with van der Waals surface area (Å²) in [4.78, 5) is 41.1. The number of nitrogens with one attached hydrogen (secondary N) is 2. The number of carbonyl (C=O) groups excluding carboxylic acids is 2. The van der Waals surface area contributed by atoms with Crippen LogP contribution in [0.3, 0.4) is 0 Å². The number of carbonyl (C=O) groups is 2. The van der Waals surface area contributed by atoms with Crippen LogP contribution in [0.25, 0.3) is 5.78 Å². The van der Waals surface area contributed by atoms with Crippen molar-refractivity contribution in [3.05, 3.63) is 69.3 Å². The zero-order valence-electron chi connectivity index (χ0n) is 16.6. The van der Waals surface area contributed by atoms with Crippen LogP contribution in [0, 0.1) is 0 Å². The molecule has 170 valence electrons. The summed E-state index contributed by atoms with van der Waals surface area (Å²) in [6.07, 6.45) is 1.97. The summed E-state index contributed by atoms with van der Waals surface area (Å²) in [7, 11) is 0. The van der Waals surface area contributed by atoms with Crippen LogP contribution in [0.2, 0.25) is 5.02 Å². The Bertz CT molecular complexity index is 1350. The molecular weight excluding hydrogens is 483 g/mol. The first-order valence-corrected chi connectivity index (χ1v) is 10.4. The third-order valence-corrected chi connectivity index (χ3v) is 5.87. The molecular formula is C19H13ClF3N7O2S. The van der Waals surface area contributed by atoms with Gasteiger partial charge in [-0.15, -0.1) is 11.3 Å². The third-order valence-electron chi connectivity index (χ3n) is 4.39. The zero-order valence-corrected chi connectivity index (χ0v) is 18.2. The van der Waals surface area contributed by atoms with Crippen LogP contribution >= 0.6 is 22.9 Å². The molecule has 2 amide bonds. The van der Waals surface area contributed by atoms with Crippen LogP contribution in [-0.2, 0) is 6.18 Å². The molecule has 0 saturated carbocycles. The minimum atomic E-state index is -4.69. The number of fused-ring (bicyclic) bond motifs is 1. The maximum atomic E-state index is 13.0. The van der Waals surface area contributed by atoms with Crippen LogP contribution in [0.5, 0.6) is 0 Å². The molecule has 0 unspecified atom stereocenters. The summed E-state index contributed by atoms with van der Waals surface area (Å²) in [5.74, 6) is -1.07. The standard InChI is InChI=1S/C19H13ClF3N7O2S/c1-9(28-15(31)12-7-27-18-24-3-2-4-30(12)18)17-26-8-13(33-17)16(32)29-14-5-10(19(21,22)23)11(20)6-25-14/h2-9H,1H3,(H,28,31)(H,25,29,32)/t9-/m1/s1. The zero-order chi connectivity index (χ0) is 23.8. The molecule has 9 nitrogen and oxygen atoms in total. The van der Waals surface area contributed by atoms with E-state index in [1.807, 2.05) is 0 Å². The minimum Gasteiger partial charge on any atom is -0.342 e. The Morgan fingerprint density at radius 1 is 1.12 bits per heavy atom. The lowest BCUT2D eigenvalue weighted by molar-refractivity contribution is -0.137. The number of imidazole rings is 1. The highest BCUT2D eigenvalue weighted by molar-refractivity contribution is 7.13. The molecule has 0 spiro atoms. The summed E-state index contributed by atoms with van der Waals surface area (Å²) in [5, 5.41) is 4.89. The summed E-state index contributed by atoms with van der Waals surface area (Å²) < 4.78 is 40.5. The Kier molecular flexibility index (Phi) is 5.99. The van der Waals surface area contributed by atoms with Crippen LogP contribution in [0.4, 0.5) is 19.0 Å². The highest BCUT2D eigenvalue weighted by Crippen LogP contribution is 2.35. The quantitative estimate of drug-likeness (QED) is 0.432. The number of hydrogen-bond acceptors (Lipinski definition) is 7. The van der Waals surface area contributed by atoms with Crippen LogP contribution in [0.1, 0.15) is 43.7 Å². The average Bonchev–Trinajstić information content (AvgIpc) is 3.42. The van der Waals surface area contributed by atoms with Gasteiger partial charge in [0.25, 0.3) is 11.8 Å². The van der Waals surface area contributed by atoms with Crippen LogP contribution in [0.15, 0.2) is 43.1 Å². The van der Waals surface area contributed by atoms with E-state index in [-0.39, 0.29) is 16.4 Å². The van der Waals surface area contributed by atoms with E-state index in [0.29, 0.717) is 16.9 Å². The molecule has 14 heteroatoms. The first kappa shape index (κ1) is 22.6. The molecule has 4 aromatic heterocycles. The van der Waals surface area contributed by atoms with Gasteiger partial charge in [-0.1, -0.05) is 11.6 Å². The number of thiazole rings is 1. The fraction of sp³-hybridized carbons (Fsp3) is 0.158. The predicted octanol–water partition coefficient (Wildman–Crippen LogP) is 4.00. The largest absolute Gasteiger partial charge is 0.418 e. The minimum absolute atomic E-state index is 0.121. The molecule has 4 aromatic rings. The molecule has 4 rings (SSSR count). The number of hydrogen-bond donors (Lipinski definition) is 2. The van der Waals surface area contributed by atoms with Crippen LogP contribution < -0.4 is 10.6 Å². The van der Waals surface area contributed by atoms with Gasteiger partial charge < -0.3 is 10.6 Å². The summed E-state index contributed by atoms with van der Waals surface area (Å²) in [6, 6.07) is 1.75. The van der Waals surface area contributed by atoms with E-state index in [2.05, 4.69) is 30.6 Å². The molecule has 1 atom stereocenters. The van der Waals surface area contributed by atoms with Crippen LogP contribution in [-0.4, -0.2) is 36.2 Å². The average molecular weight is 496 g/mol. The van der Waals surface area contributed by atoms with Gasteiger partial charge >= 0.3 is 6.18 Å². The molecule has 0 radical (unpaired) electrons. The fourth-order valence-corrected chi connectivity index (χ4v) is 3.85. The van der Waals surface area contributed by atoms with E-state index in [1.54, 1.807) is 25.4 Å². The molecule has 0 bridgehead atoms. The number of alkyl halides is 3. The number of nitrogens with zero attached hydrogens (tertiary/aromatic N) is 5. The molecule has 0 aliphatic heterocycles. The smallest absolute Gasteiger partial charge is 0.342 e.